The van der Waals surface area contributed by atoms with E-state index in [0.29, 0.717) is 5.13 Å². The van der Waals surface area contributed by atoms with Crippen LogP contribution in [0.4, 0.5) is 5.13 Å². The maximum Gasteiger partial charge on any atom is 0.203 e. The molecular weight excluding hydrogens is 218 g/mol. The first-order valence-electron chi connectivity index (χ1n) is 5.48. The van der Waals surface area contributed by atoms with E-state index < -0.39 is 0 Å². The standard InChI is InChI=1S/C10H11N3S.C2H6/c1-2-7-3-5-8(6-4-7)9-12-13-10(11)14-9;1-2/h3-6H,2H2,1H3,(H2,11,13);1-2H3. The molecular formula is C12H17N3S. The first-order chi connectivity index (χ1) is 7.79. The number of anilines is 1. The van der Waals surface area contributed by atoms with Crippen LogP contribution in [0.5, 0.6) is 0 Å². The van der Waals surface area contributed by atoms with E-state index in [0.717, 1.165) is 17.0 Å². The molecule has 0 atom stereocenters. The van der Waals surface area contributed by atoms with Crippen LogP contribution in [-0.2, 0) is 6.42 Å². The van der Waals surface area contributed by atoms with Crippen LogP contribution in [-0.4, -0.2) is 10.2 Å². The third-order valence-corrected chi connectivity index (χ3v) is 2.85. The summed E-state index contributed by atoms with van der Waals surface area (Å²) in [5.41, 5.74) is 7.92. The number of aryl methyl sites for hydroxylation is 1. The van der Waals surface area contributed by atoms with Crippen molar-refractivity contribution in [3.05, 3.63) is 29.8 Å². The van der Waals surface area contributed by atoms with Gasteiger partial charge in [-0.05, 0) is 12.0 Å². The molecule has 1 aromatic heterocycles. The molecule has 4 heteroatoms. The predicted molar refractivity (Wildman–Crippen MR) is 70.5 cm³/mol. The molecule has 3 nitrogen and oxygen atoms in total. The minimum absolute atomic E-state index is 0.513. The van der Waals surface area contributed by atoms with E-state index in [1.807, 2.05) is 13.8 Å². The molecule has 1 aromatic carbocycles. The quantitative estimate of drug-likeness (QED) is 0.868. The predicted octanol–water partition coefficient (Wildman–Crippen LogP) is 3.38. The number of aromatic nitrogens is 2. The van der Waals surface area contributed by atoms with Gasteiger partial charge in [-0.15, -0.1) is 10.2 Å². The molecule has 0 aliphatic carbocycles. The molecule has 0 spiro atoms. The Balaban J connectivity index is 0.000000606. The molecule has 0 aliphatic rings. The van der Waals surface area contributed by atoms with E-state index in [1.165, 1.54) is 16.9 Å². The topological polar surface area (TPSA) is 51.8 Å². The Morgan fingerprint density at radius 1 is 1.12 bits per heavy atom. The Bertz CT molecular complexity index is 420. The number of benzene rings is 1. The second-order valence-electron chi connectivity index (χ2n) is 3.00. The first-order valence-corrected chi connectivity index (χ1v) is 6.29. The second-order valence-corrected chi connectivity index (χ2v) is 4.01. The van der Waals surface area contributed by atoms with Crippen LogP contribution in [0.15, 0.2) is 24.3 Å². The zero-order valence-electron chi connectivity index (χ0n) is 9.90. The molecule has 86 valence electrons. The molecule has 2 aromatic rings. The van der Waals surface area contributed by atoms with Crippen molar-refractivity contribution in [2.24, 2.45) is 0 Å². The van der Waals surface area contributed by atoms with Gasteiger partial charge in [0, 0.05) is 5.56 Å². The molecule has 2 N–H and O–H groups in total. The van der Waals surface area contributed by atoms with Crippen molar-refractivity contribution in [1.29, 1.82) is 0 Å². The molecule has 0 saturated carbocycles. The van der Waals surface area contributed by atoms with Crippen LogP contribution in [0, 0.1) is 0 Å². The van der Waals surface area contributed by atoms with Gasteiger partial charge in [-0.25, -0.2) is 0 Å². The SMILES string of the molecule is CC.CCc1ccc(-c2nnc(N)s2)cc1. The van der Waals surface area contributed by atoms with Gasteiger partial charge in [-0.1, -0.05) is 56.4 Å². The number of nitrogens with two attached hydrogens (primary N) is 1. The summed E-state index contributed by atoms with van der Waals surface area (Å²) in [7, 11) is 0. The van der Waals surface area contributed by atoms with Crippen LogP contribution in [0.1, 0.15) is 26.3 Å². The van der Waals surface area contributed by atoms with E-state index >= 15 is 0 Å². The highest BCUT2D eigenvalue weighted by molar-refractivity contribution is 7.18. The van der Waals surface area contributed by atoms with Crippen molar-refractivity contribution in [2.75, 3.05) is 5.73 Å². The molecule has 0 amide bonds. The molecule has 0 radical (unpaired) electrons. The van der Waals surface area contributed by atoms with Crippen LogP contribution < -0.4 is 5.73 Å². The van der Waals surface area contributed by atoms with E-state index in [4.69, 9.17) is 5.73 Å². The lowest BCUT2D eigenvalue weighted by Gasteiger charge is -1.97. The Morgan fingerprint density at radius 3 is 2.19 bits per heavy atom. The van der Waals surface area contributed by atoms with Crippen molar-refractivity contribution in [3.8, 4) is 10.6 Å². The molecule has 0 saturated heterocycles. The summed E-state index contributed by atoms with van der Waals surface area (Å²) in [5.74, 6) is 0. The summed E-state index contributed by atoms with van der Waals surface area (Å²) in [5, 5.41) is 9.16. The second kappa shape index (κ2) is 6.23. The highest BCUT2D eigenvalue weighted by atomic mass is 32.1. The van der Waals surface area contributed by atoms with Crippen LogP contribution in [0.3, 0.4) is 0 Å². The zero-order chi connectivity index (χ0) is 12.0. The third-order valence-electron chi connectivity index (χ3n) is 2.05. The van der Waals surface area contributed by atoms with Gasteiger partial charge in [0.2, 0.25) is 5.13 Å². The van der Waals surface area contributed by atoms with Crippen molar-refractivity contribution >= 4 is 16.5 Å². The molecule has 1 heterocycles. The zero-order valence-corrected chi connectivity index (χ0v) is 10.7. The molecule has 0 fully saturated rings. The number of hydrogen-bond donors (Lipinski definition) is 1. The number of rotatable bonds is 2. The van der Waals surface area contributed by atoms with Crippen molar-refractivity contribution in [2.45, 2.75) is 27.2 Å². The van der Waals surface area contributed by atoms with E-state index in [9.17, 15) is 0 Å². The van der Waals surface area contributed by atoms with Gasteiger partial charge in [0.05, 0.1) is 0 Å². The minimum atomic E-state index is 0.513. The first kappa shape index (κ1) is 12.6. The largest absolute Gasteiger partial charge is 0.374 e. The fourth-order valence-corrected chi connectivity index (χ4v) is 1.85. The normalized spacial score (nSPS) is 9.44. The van der Waals surface area contributed by atoms with Gasteiger partial charge in [-0.3, -0.25) is 0 Å². The fraction of sp³-hybridized carbons (Fsp3) is 0.333. The highest BCUT2D eigenvalue weighted by Crippen LogP contribution is 2.24. The van der Waals surface area contributed by atoms with Crippen LogP contribution in [0.25, 0.3) is 10.6 Å². The lowest BCUT2D eigenvalue weighted by molar-refractivity contribution is 1.10. The highest BCUT2D eigenvalue weighted by Gasteiger charge is 2.03. The van der Waals surface area contributed by atoms with Crippen molar-refractivity contribution in [3.63, 3.8) is 0 Å². The van der Waals surface area contributed by atoms with Gasteiger partial charge in [-0.2, -0.15) is 0 Å². The lowest BCUT2D eigenvalue weighted by atomic mass is 10.1. The van der Waals surface area contributed by atoms with Crippen LogP contribution >= 0.6 is 11.3 Å². The number of hydrogen-bond acceptors (Lipinski definition) is 4. The fourth-order valence-electron chi connectivity index (χ4n) is 1.23. The van der Waals surface area contributed by atoms with Crippen molar-refractivity contribution in [1.82, 2.24) is 10.2 Å². The molecule has 0 unspecified atom stereocenters. The summed E-state index contributed by atoms with van der Waals surface area (Å²) in [6.07, 6.45) is 1.05. The van der Waals surface area contributed by atoms with Gasteiger partial charge < -0.3 is 5.73 Å². The smallest absolute Gasteiger partial charge is 0.203 e. The van der Waals surface area contributed by atoms with Gasteiger partial charge in [0.1, 0.15) is 5.01 Å². The summed E-state index contributed by atoms with van der Waals surface area (Å²) in [6.45, 7) is 6.14. The van der Waals surface area contributed by atoms with Gasteiger partial charge in [0.15, 0.2) is 0 Å². The number of nitrogen functional groups attached to an aromatic ring is 1. The Morgan fingerprint density at radius 2 is 1.75 bits per heavy atom. The molecule has 2 rings (SSSR count). The Kier molecular flexibility index (Phi) is 4.92. The maximum atomic E-state index is 5.52. The molecule has 0 aliphatic heterocycles. The summed E-state index contributed by atoms with van der Waals surface area (Å²) in [6, 6.07) is 8.32. The summed E-state index contributed by atoms with van der Waals surface area (Å²) >= 11 is 1.41. The number of nitrogens with zero attached hydrogens (tertiary/aromatic N) is 2. The van der Waals surface area contributed by atoms with E-state index in [-0.39, 0.29) is 0 Å². The summed E-state index contributed by atoms with van der Waals surface area (Å²) in [4.78, 5) is 0. The van der Waals surface area contributed by atoms with Gasteiger partial charge >= 0.3 is 0 Å². The average molecular weight is 235 g/mol. The monoisotopic (exact) mass is 235 g/mol. The Labute approximate surface area is 100 Å². The third kappa shape index (κ3) is 3.03. The molecule has 0 bridgehead atoms. The lowest BCUT2D eigenvalue weighted by Crippen LogP contribution is -1.81. The minimum Gasteiger partial charge on any atom is -0.374 e. The maximum absolute atomic E-state index is 5.52. The average Bonchev–Trinajstić information content (AvgIpc) is 2.79. The van der Waals surface area contributed by atoms with Gasteiger partial charge in [0.25, 0.3) is 0 Å². The van der Waals surface area contributed by atoms with E-state index in [1.54, 1.807) is 0 Å². The van der Waals surface area contributed by atoms with Crippen LogP contribution in [0.2, 0.25) is 0 Å². The van der Waals surface area contributed by atoms with E-state index in [2.05, 4.69) is 41.4 Å². The molecule has 16 heavy (non-hydrogen) atoms. The van der Waals surface area contributed by atoms with Crippen molar-refractivity contribution < 1.29 is 0 Å². The Hall–Kier alpha value is -1.42. The summed E-state index contributed by atoms with van der Waals surface area (Å²) < 4.78 is 0.